The number of methoxy groups -OCH3 is 2. The van der Waals surface area contributed by atoms with E-state index in [2.05, 4.69) is 10.6 Å². The molecule has 0 aliphatic heterocycles. The highest BCUT2D eigenvalue weighted by atomic mass is 127. The van der Waals surface area contributed by atoms with Crippen molar-refractivity contribution in [3.8, 4) is 11.5 Å². The SMILES string of the molecule is CCc1ccccc1NC(=O)CNC(=O)c1cc(OC)c(OC)cc1I. The molecule has 0 atom stereocenters. The minimum absolute atomic E-state index is 0.124. The van der Waals surface area contributed by atoms with Gasteiger partial charge in [-0.15, -0.1) is 0 Å². The number of para-hydroxylation sites is 1. The lowest BCUT2D eigenvalue weighted by Gasteiger charge is -2.13. The van der Waals surface area contributed by atoms with Crippen LogP contribution in [0.2, 0.25) is 0 Å². The number of hydrogen-bond acceptors (Lipinski definition) is 4. The molecule has 0 bridgehead atoms. The minimum Gasteiger partial charge on any atom is -0.493 e. The first-order valence-electron chi connectivity index (χ1n) is 8.07. The van der Waals surface area contributed by atoms with E-state index in [1.165, 1.54) is 14.2 Å². The first-order valence-corrected chi connectivity index (χ1v) is 9.15. The van der Waals surface area contributed by atoms with Gasteiger partial charge in [-0.3, -0.25) is 9.59 Å². The average molecular weight is 468 g/mol. The second-order valence-electron chi connectivity index (χ2n) is 5.43. The number of amides is 2. The maximum atomic E-state index is 12.4. The summed E-state index contributed by atoms with van der Waals surface area (Å²) in [6, 6.07) is 10.9. The van der Waals surface area contributed by atoms with Gasteiger partial charge in [-0.2, -0.15) is 0 Å². The van der Waals surface area contributed by atoms with E-state index in [1.54, 1.807) is 12.1 Å². The van der Waals surface area contributed by atoms with Crippen LogP contribution >= 0.6 is 22.6 Å². The quantitative estimate of drug-likeness (QED) is 0.612. The van der Waals surface area contributed by atoms with E-state index < -0.39 is 0 Å². The second-order valence-corrected chi connectivity index (χ2v) is 6.59. The monoisotopic (exact) mass is 468 g/mol. The van der Waals surface area contributed by atoms with Gasteiger partial charge in [0, 0.05) is 9.26 Å². The Balaban J connectivity index is 2.03. The number of ether oxygens (including phenoxy) is 2. The lowest BCUT2D eigenvalue weighted by molar-refractivity contribution is -0.115. The first kappa shape index (κ1) is 20.0. The number of nitrogens with one attached hydrogen (secondary N) is 2. The van der Waals surface area contributed by atoms with Crippen molar-refractivity contribution >= 4 is 40.1 Å². The largest absolute Gasteiger partial charge is 0.493 e. The normalized spacial score (nSPS) is 10.2. The van der Waals surface area contributed by atoms with Gasteiger partial charge in [0.2, 0.25) is 5.91 Å². The molecule has 7 heteroatoms. The van der Waals surface area contributed by atoms with Crippen molar-refractivity contribution in [1.82, 2.24) is 5.32 Å². The topological polar surface area (TPSA) is 76.7 Å². The molecule has 0 heterocycles. The zero-order valence-corrected chi connectivity index (χ0v) is 17.0. The van der Waals surface area contributed by atoms with Crippen molar-refractivity contribution in [3.05, 3.63) is 51.1 Å². The van der Waals surface area contributed by atoms with Crippen molar-refractivity contribution in [2.45, 2.75) is 13.3 Å². The molecule has 2 N–H and O–H groups in total. The van der Waals surface area contributed by atoms with Gasteiger partial charge in [-0.25, -0.2) is 0 Å². The van der Waals surface area contributed by atoms with Crippen molar-refractivity contribution in [3.63, 3.8) is 0 Å². The van der Waals surface area contributed by atoms with E-state index in [0.29, 0.717) is 20.6 Å². The van der Waals surface area contributed by atoms with Crippen LogP contribution in [0.1, 0.15) is 22.8 Å². The molecular formula is C19H21IN2O4. The van der Waals surface area contributed by atoms with Gasteiger partial charge in [0.1, 0.15) is 0 Å². The standard InChI is InChI=1S/C19H21IN2O4/c1-4-12-7-5-6-8-15(12)22-18(23)11-21-19(24)13-9-16(25-2)17(26-3)10-14(13)20/h5-10H,4,11H2,1-3H3,(H,21,24)(H,22,23). The molecule has 0 saturated heterocycles. The molecule has 0 radical (unpaired) electrons. The molecule has 0 saturated carbocycles. The molecule has 2 aromatic carbocycles. The third kappa shape index (κ3) is 4.87. The van der Waals surface area contributed by atoms with E-state index >= 15 is 0 Å². The van der Waals surface area contributed by atoms with E-state index in [9.17, 15) is 9.59 Å². The number of anilines is 1. The van der Waals surface area contributed by atoms with Gasteiger partial charge in [-0.05, 0) is 52.8 Å². The van der Waals surface area contributed by atoms with Gasteiger partial charge in [0.05, 0.1) is 26.3 Å². The summed E-state index contributed by atoms with van der Waals surface area (Å²) in [4.78, 5) is 24.6. The summed E-state index contributed by atoms with van der Waals surface area (Å²) in [7, 11) is 3.04. The third-order valence-electron chi connectivity index (χ3n) is 3.80. The van der Waals surface area contributed by atoms with Gasteiger partial charge < -0.3 is 20.1 Å². The van der Waals surface area contributed by atoms with Crippen LogP contribution in [0.5, 0.6) is 11.5 Å². The Morgan fingerprint density at radius 3 is 2.38 bits per heavy atom. The highest BCUT2D eigenvalue weighted by Crippen LogP contribution is 2.31. The lowest BCUT2D eigenvalue weighted by atomic mass is 10.1. The Labute approximate surface area is 166 Å². The van der Waals surface area contributed by atoms with Crippen molar-refractivity contribution in [1.29, 1.82) is 0 Å². The molecule has 6 nitrogen and oxygen atoms in total. The number of benzene rings is 2. The number of rotatable bonds is 7. The van der Waals surface area contributed by atoms with Crippen LogP contribution in [-0.2, 0) is 11.2 Å². The number of halogens is 1. The molecule has 2 rings (SSSR count). The molecule has 0 spiro atoms. The summed E-state index contributed by atoms with van der Waals surface area (Å²) >= 11 is 2.05. The minimum atomic E-state index is -0.353. The fourth-order valence-corrected chi connectivity index (χ4v) is 3.11. The maximum Gasteiger partial charge on any atom is 0.252 e. The number of aryl methyl sites for hydroxylation is 1. The molecule has 138 valence electrons. The molecule has 2 amide bonds. The summed E-state index contributed by atoms with van der Waals surface area (Å²) in [5.74, 6) is 0.366. The van der Waals surface area contributed by atoms with Crippen LogP contribution in [0, 0.1) is 3.57 Å². The van der Waals surface area contributed by atoms with Gasteiger partial charge in [-0.1, -0.05) is 25.1 Å². The number of carbonyl (C=O) groups excluding carboxylic acids is 2. The summed E-state index contributed by atoms with van der Waals surface area (Å²) in [5.41, 5.74) is 2.22. The Morgan fingerprint density at radius 2 is 1.73 bits per heavy atom. The first-order chi connectivity index (χ1) is 12.5. The predicted molar refractivity (Wildman–Crippen MR) is 109 cm³/mol. The average Bonchev–Trinajstić information content (AvgIpc) is 2.66. The van der Waals surface area contributed by atoms with Crippen LogP contribution in [0.25, 0.3) is 0 Å². The molecule has 0 aliphatic rings. The Kier molecular flexibility index (Phi) is 7.26. The highest BCUT2D eigenvalue weighted by Gasteiger charge is 2.16. The summed E-state index contributed by atoms with van der Waals surface area (Å²) in [5, 5.41) is 5.46. The van der Waals surface area contributed by atoms with E-state index in [1.807, 2.05) is 53.8 Å². The Morgan fingerprint density at radius 1 is 1.08 bits per heavy atom. The molecular weight excluding hydrogens is 447 g/mol. The molecule has 0 fully saturated rings. The lowest BCUT2D eigenvalue weighted by Crippen LogP contribution is -2.33. The molecule has 0 unspecified atom stereocenters. The molecule has 0 aliphatic carbocycles. The van der Waals surface area contributed by atoms with Crippen LogP contribution in [0.15, 0.2) is 36.4 Å². The van der Waals surface area contributed by atoms with Gasteiger partial charge in [0.15, 0.2) is 11.5 Å². The van der Waals surface area contributed by atoms with E-state index in [-0.39, 0.29) is 18.4 Å². The van der Waals surface area contributed by atoms with E-state index in [0.717, 1.165) is 17.7 Å². The number of carbonyl (C=O) groups is 2. The van der Waals surface area contributed by atoms with Crippen LogP contribution < -0.4 is 20.1 Å². The van der Waals surface area contributed by atoms with Crippen LogP contribution in [0.3, 0.4) is 0 Å². The number of hydrogen-bond donors (Lipinski definition) is 2. The highest BCUT2D eigenvalue weighted by molar-refractivity contribution is 14.1. The Bertz CT molecular complexity index is 808. The van der Waals surface area contributed by atoms with Crippen LogP contribution in [-0.4, -0.2) is 32.6 Å². The van der Waals surface area contributed by atoms with Crippen molar-refractivity contribution in [2.24, 2.45) is 0 Å². The predicted octanol–water partition coefficient (Wildman–Crippen LogP) is 3.24. The van der Waals surface area contributed by atoms with Gasteiger partial charge >= 0.3 is 0 Å². The van der Waals surface area contributed by atoms with Crippen molar-refractivity contribution in [2.75, 3.05) is 26.1 Å². The maximum absolute atomic E-state index is 12.4. The zero-order valence-electron chi connectivity index (χ0n) is 14.9. The zero-order chi connectivity index (χ0) is 19.1. The summed E-state index contributed by atoms with van der Waals surface area (Å²) in [6.45, 7) is 1.90. The van der Waals surface area contributed by atoms with Crippen LogP contribution in [0.4, 0.5) is 5.69 Å². The molecule has 26 heavy (non-hydrogen) atoms. The molecule has 2 aromatic rings. The van der Waals surface area contributed by atoms with Crippen molar-refractivity contribution < 1.29 is 19.1 Å². The summed E-state index contributed by atoms with van der Waals surface area (Å²) < 4.78 is 11.1. The molecule has 0 aromatic heterocycles. The fourth-order valence-electron chi connectivity index (χ4n) is 2.43. The summed E-state index contributed by atoms with van der Waals surface area (Å²) in [6.07, 6.45) is 0.812. The Hall–Kier alpha value is -2.29. The third-order valence-corrected chi connectivity index (χ3v) is 4.69. The smallest absolute Gasteiger partial charge is 0.252 e. The fraction of sp³-hybridized carbons (Fsp3) is 0.263. The van der Waals surface area contributed by atoms with Gasteiger partial charge in [0.25, 0.3) is 5.91 Å². The van der Waals surface area contributed by atoms with E-state index in [4.69, 9.17) is 9.47 Å². The second kappa shape index (κ2) is 9.42.